The lowest BCUT2D eigenvalue weighted by Crippen LogP contribution is -2.34. The van der Waals surface area contributed by atoms with Gasteiger partial charge in [-0.25, -0.2) is 4.98 Å². The molecule has 146 valence electrons. The highest BCUT2D eigenvalue weighted by atomic mass is 35.5. The third kappa shape index (κ3) is 3.93. The summed E-state index contributed by atoms with van der Waals surface area (Å²) >= 11 is 6.63. The fraction of sp³-hybridized carbons (Fsp3) is 0.391. The van der Waals surface area contributed by atoms with Crippen LogP contribution in [0.5, 0.6) is 0 Å². The van der Waals surface area contributed by atoms with E-state index in [2.05, 4.69) is 28.1 Å². The highest BCUT2D eigenvalue weighted by Gasteiger charge is 2.22. The average Bonchev–Trinajstić information content (AvgIpc) is 3.15. The summed E-state index contributed by atoms with van der Waals surface area (Å²) in [6, 6.07) is 7.43. The lowest BCUT2D eigenvalue weighted by atomic mass is 9.89. The van der Waals surface area contributed by atoms with Crippen molar-refractivity contribution in [2.45, 2.75) is 39.5 Å². The van der Waals surface area contributed by atoms with Gasteiger partial charge in [0.15, 0.2) is 0 Å². The fourth-order valence-corrected chi connectivity index (χ4v) is 4.63. The lowest BCUT2D eigenvalue weighted by molar-refractivity contribution is 0.401. The molecular weight excluding hydrogens is 370 g/mol. The van der Waals surface area contributed by atoms with Crippen LogP contribution < -0.4 is 10.5 Å². The van der Waals surface area contributed by atoms with Crippen molar-refractivity contribution >= 4 is 17.3 Å². The number of rotatable bonds is 4. The third-order valence-electron chi connectivity index (χ3n) is 5.76. The van der Waals surface area contributed by atoms with Gasteiger partial charge in [-0.1, -0.05) is 35.4 Å². The molecule has 1 saturated heterocycles. The Bertz CT molecular complexity index is 997. The van der Waals surface area contributed by atoms with Crippen LogP contribution in [-0.4, -0.2) is 22.6 Å². The van der Waals surface area contributed by atoms with E-state index in [1.807, 2.05) is 32.0 Å². The molecule has 1 aromatic carbocycles. The van der Waals surface area contributed by atoms with Crippen LogP contribution in [0.2, 0.25) is 5.02 Å². The van der Waals surface area contributed by atoms with Crippen LogP contribution >= 0.6 is 11.6 Å². The molecule has 0 N–H and O–H groups in total. The van der Waals surface area contributed by atoms with Crippen molar-refractivity contribution in [1.82, 2.24) is 9.55 Å². The van der Waals surface area contributed by atoms with Crippen LogP contribution in [0.25, 0.3) is 5.69 Å². The Morgan fingerprint density at radius 2 is 1.96 bits per heavy atom. The molecule has 0 bridgehead atoms. The molecule has 0 saturated carbocycles. The van der Waals surface area contributed by atoms with Gasteiger partial charge in [0.25, 0.3) is 5.56 Å². The lowest BCUT2D eigenvalue weighted by Gasteiger charge is -2.34. The quantitative estimate of drug-likeness (QED) is 0.731. The number of hydrogen-bond donors (Lipinski definition) is 0. The van der Waals surface area contributed by atoms with Crippen molar-refractivity contribution in [1.29, 1.82) is 0 Å². The Morgan fingerprint density at radius 3 is 2.61 bits per heavy atom. The minimum Gasteiger partial charge on any atom is -0.370 e. The minimum atomic E-state index is -0.0784. The van der Waals surface area contributed by atoms with Crippen LogP contribution in [-0.2, 0) is 0 Å². The standard InChI is InChI=1S/C23H26ClN3O/c1-16-13-23(28)27(17(2)25-16)20-7-8-22(21(24)15-20)26-11-9-19(10-12-26)14-18-5-3-4-6-18/h3-5,7-8,13,15,19H,6,9-12,14H2,1-2H3. The first-order valence-electron chi connectivity index (χ1n) is 9.98. The van der Waals surface area contributed by atoms with Crippen LogP contribution in [0, 0.1) is 19.8 Å². The number of halogens is 1. The number of aryl methyl sites for hydroxylation is 2. The zero-order chi connectivity index (χ0) is 19.7. The van der Waals surface area contributed by atoms with E-state index in [-0.39, 0.29) is 5.56 Å². The first kappa shape index (κ1) is 19.0. The van der Waals surface area contributed by atoms with E-state index < -0.39 is 0 Å². The van der Waals surface area contributed by atoms with E-state index in [9.17, 15) is 4.79 Å². The van der Waals surface area contributed by atoms with Gasteiger partial charge in [0.1, 0.15) is 5.82 Å². The largest absolute Gasteiger partial charge is 0.370 e. The van der Waals surface area contributed by atoms with Gasteiger partial charge in [-0.3, -0.25) is 9.36 Å². The van der Waals surface area contributed by atoms with Crippen LogP contribution in [0.1, 0.15) is 37.2 Å². The predicted octanol–water partition coefficient (Wildman–Crippen LogP) is 5.00. The number of nitrogens with zero attached hydrogens (tertiary/aromatic N) is 3. The summed E-state index contributed by atoms with van der Waals surface area (Å²) in [5.41, 5.74) is 4.03. The zero-order valence-electron chi connectivity index (χ0n) is 16.5. The normalized spacial score (nSPS) is 17.2. The molecule has 0 radical (unpaired) electrons. The highest BCUT2D eigenvalue weighted by Crippen LogP contribution is 2.33. The summed E-state index contributed by atoms with van der Waals surface area (Å²) < 4.78 is 1.61. The molecule has 0 amide bonds. The fourth-order valence-electron chi connectivity index (χ4n) is 4.34. The molecule has 1 aromatic heterocycles. The van der Waals surface area contributed by atoms with Gasteiger partial charge in [-0.05, 0) is 63.6 Å². The molecule has 0 atom stereocenters. The SMILES string of the molecule is Cc1cc(=O)n(-c2ccc(N3CCC(CC4=CC=CC4)CC3)c(Cl)c2)c(C)n1. The Kier molecular flexibility index (Phi) is 5.40. The van der Waals surface area contributed by atoms with Crippen molar-refractivity contribution in [3.05, 3.63) is 75.0 Å². The monoisotopic (exact) mass is 395 g/mol. The molecule has 0 spiro atoms. The second kappa shape index (κ2) is 7.96. The number of hydrogen-bond acceptors (Lipinski definition) is 3. The summed E-state index contributed by atoms with van der Waals surface area (Å²) in [6.45, 7) is 5.72. The topological polar surface area (TPSA) is 38.1 Å². The average molecular weight is 396 g/mol. The molecule has 2 heterocycles. The molecule has 2 aliphatic rings. The van der Waals surface area contributed by atoms with Crippen LogP contribution in [0.4, 0.5) is 5.69 Å². The smallest absolute Gasteiger partial charge is 0.258 e. The maximum atomic E-state index is 12.4. The second-order valence-corrected chi connectivity index (χ2v) is 8.25. The number of aromatic nitrogens is 2. The van der Waals surface area contributed by atoms with Crippen molar-refractivity contribution in [2.75, 3.05) is 18.0 Å². The summed E-state index contributed by atoms with van der Waals surface area (Å²) in [5.74, 6) is 1.44. The van der Waals surface area contributed by atoms with Gasteiger partial charge in [0.2, 0.25) is 0 Å². The predicted molar refractivity (Wildman–Crippen MR) is 116 cm³/mol. The van der Waals surface area contributed by atoms with Crippen molar-refractivity contribution in [2.24, 2.45) is 5.92 Å². The number of allylic oxidation sites excluding steroid dienone is 4. The summed E-state index contributed by atoms with van der Waals surface area (Å²) in [7, 11) is 0. The van der Waals surface area contributed by atoms with Crippen LogP contribution in [0.3, 0.4) is 0 Å². The van der Waals surface area contributed by atoms with E-state index in [4.69, 9.17) is 11.6 Å². The molecule has 2 aromatic rings. The zero-order valence-corrected chi connectivity index (χ0v) is 17.2. The molecule has 0 unspecified atom stereocenters. The number of anilines is 1. The van der Waals surface area contributed by atoms with Gasteiger partial charge in [0.05, 0.1) is 16.4 Å². The van der Waals surface area contributed by atoms with Crippen molar-refractivity contribution in [3.8, 4) is 5.69 Å². The number of benzene rings is 1. The van der Waals surface area contributed by atoms with Gasteiger partial charge in [-0.2, -0.15) is 0 Å². The molecule has 1 aliphatic heterocycles. The molecule has 4 rings (SSSR count). The highest BCUT2D eigenvalue weighted by molar-refractivity contribution is 6.33. The molecule has 4 nitrogen and oxygen atoms in total. The molecule has 28 heavy (non-hydrogen) atoms. The maximum Gasteiger partial charge on any atom is 0.258 e. The summed E-state index contributed by atoms with van der Waals surface area (Å²) in [5, 5.41) is 0.686. The maximum absolute atomic E-state index is 12.4. The first-order valence-corrected chi connectivity index (χ1v) is 10.4. The van der Waals surface area contributed by atoms with Gasteiger partial charge in [-0.15, -0.1) is 0 Å². The minimum absolute atomic E-state index is 0.0784. The Hall–Kier alpha value is -2.33. The number of piperidine rings is 1. The van der Waals surface area contributed by atoms with E-state index >= 15 is 0 Å². The Labute approximate surface area is 171 Å². The van der Waals surface area contributed by atoms with E-state index in [0.29, 0.717) is 10.8 Å². The molecular formula is C23H26ClN3O. The van der Waals surface area contributed by atoms with Gasteiger partial charge in [0, 0.05) is 24.8 Å². The Morgan fingerprint density at radius 1 is 1.18 bits per heavy atom. The van der Waals surface area contributed by atoms with Gasteiger partial charge < -0.3 is 4.90 Å². The first-order chi connectivity index (χ1) is 13.5. The van der Waals surface area contributed by atoms with Crippen molar-refractivity contribution in [3.63, 3.8) is 0 Å². The molecule has 5 heteroatoms. The third-order valence-corrected chi connectivity index (χ3v) is 6.06. The molecule has 1 aliphatic carbocycles. The van der Waals surface area contributed by atoms with Crippen LogP contribution in [0.15, 0.2) is 52.9 Å². The molecule has 1 fully saturated rings. The van der Waals surface area contributed by atoms with E-state index in [0.717, 1.165) is 42.5 Å². The van der Waals surface area contributed by atoms with E-state index in [1.165, 1.54) is 19.3 Å². The van der Waals surface area contributed by atoms with E-state index in [1.54, 1.807) is 16.2 Å². The Balaban J connectivity index is 1.48. The second-order valence-electron chi connectivity index (χ2n) is 7.85. The summed E-state index contributed by atoms with van der Waals surface area (Å²) in [4.78, 5) is 19.2. The summed E-state index contributed by atoms with van der Waals surface area (Å²) in [6.07, 6.45) is 11.4. The van der Waals surface area contributed by atoms with Crippen molar-refractivity contribution < 1.29 is 0 Å². The van der Waals surface area contributed by atoms with Gasteiger partial charge >= 0.3 is 0 Å².